The molecule has 0 radical (unpaired) electrons. The van der Waals surface area contributed by atoms with Gasteiger partial charge in [0.05, 0.1) is 10.6 Å². The van der Waals surface area contributed by atoms with E-state index in [1.54, 1.807) is 18.2 Å². The van der Waals surface area contributed by atoms with E-state index >= 15 is 0 Å². The van der Waals surface area contributed by atoms with Crippen molar-refractivity contribution in [2.75, 3.05) is 5.32 Å². The van der Waals surface area contributed by atoms with E-state index in [-0.39, 0.29) is 10.6 Å². The minimum Gasteiger partial charge on any atom is -0.322 e. The number of rotatable bonds is 3. The van der Waals surface area contributed by atoms with Gasteiger partial charge in [0.15, 0.2) is 0 Å². The Hall–Kier alpha value is -2.20. The fourth-order valence-corrected chi connectivity index (χ4v) is 1.85. The van der Waals surface area contributed by atoms with E-state index in [2.05, 4.69) is 5.32 Å². The van der Waals surface area contributed by atoms with Crippen molar-refractivity contribution >= 4 is 29.5 Å². The molecule has 0 saturated heterocycles. The molecule has 19 heavy (non-hydrogen) atoms. The van der Waals surface area contributed by atoms with Gasteiger partial charge >= 0.3 is 0 Å². The average molecular weight is 278 g/mol. The number of amides is 1. The quantitative estimate of drug-likeness (QED) is 0.872. The van der Waals surface area contributed by atoms with Crippen molar-refractivity contribution in [2.24, 2.45) is 0 Å². The molecule has 0 unspecified atom stereocenters. The highest BCUT2D eigenvalue weighted by molar-refractivity contribution is 6.34. The summed E-state index contributed by atoms with van der Waals surface area (Å²) in [7, 11) is 0. The molecule has 1 N–H and O–H groups in total. The fraction of sp³-hybridized carbons (Fsp3) is 0. The van der Waals surface area contributed by atoms with Crippen LogP contribution < -0.4 is 5.32 Å². The summed E-state index contributed by atoms with van der Waals surface area (Å²) in [6.45, 7) is 0. The lowest BCUT2D eigenvalue weighted by atomic mass is 10.1. The Labute approximate surface area is 114 Å². The smallest absolute Gasteiger partial charge is 0.260 e. The molecule has 3 nitrogen and oxygen atoms in total. The van der Waals surface area contributed by atoms with Gasteiger partial charge in [-0.2, -0.15) is 0 Å². The summed E-state index contributed by atoms with van der Waals surface area (Å²) in [6.07, 6.45) is 0.658. The minimum atomic E-state index is -0.698. The van der Waals surface area contributed by atoms with E-state index in [1.165, 1.54) is 18.2 Å². The molecule has 0 saturated carbocycles. The van der Waals surface area contributed by atoms with Crippen LogP contribution in [0.3, 0.4) is 0 Å². The second kappa shape index (κ2) is 5.63. The van der Waals surface area contributed by atoms with Gasteiger partial charge in [-0.15, -0.1) is 0 Å². The van der Waals surface area contributed by atoms with E-state index in [1.807, 2.05) is 0 Å². The maximum atomic E-state index is 13.5. The van der Waals surface area contributed by atoms with Crippen LogP contribution >= 0.6 is 11.6 Å². The van der Waals surface area contributed by atoms with Gasteiger partial charge in [0.2, 0.25) is 0 Å². The predicted octanol–water partition coefficient (Wildman–Crippen LogP) is 3.54. The molecular formula is C14H9ClFNO2. The maximum absolute atomic E-state index is 13.5. The zero-order valence-corrected chi connectivity index (χ0v) is 10.4. The van der Waals surface area contributed by atoms with Crippen LogP contribution in [0, 0.1) is 5.82 Å². The molecule has 0 aliphatic carbocycles. The van der Waals surface area contributed by atoms with Crippen molar-refractivity contribution in [1.29, 1.82) is 0 Å². The highest BCUT2D eigenvalue weighted by Gasteiger charge is 2.15. The summed E-state index contributed by atoms with van der Waals surface area (Å²) in [5.74, 6) is -1.36. The molecule has 0 bridgehead atoms. The highest BCUT2D eigenvalue weighted by atomic mass is 35.5. The van der Waals surface area contributed by atoms with E-state index < -0.39 is 11.7 Å². The van der Waals surface area contributed by atoms with Crippen molar-refractivity contribution in [1.82, 2.24) is 0 Å². The number of anilines is 1. The van der Waals surface area contributed by atoms with Crippen molar-refractivity contribution < 1.29 is 14.0 Å². The summed E-state index contributed by atoms with van der Waals surface area (Å²) in [5, 5.41) is 2.52. The van der Waals surface area contributed by atoms with Crippen LogP contribution in [0.4, 0.5) is 10.1 Å². The zero-order chi connectivity index (χ0) is 13.8. The number of hydrogen-bond acceptors (Lipinski definition) is 2. The summed E-state index contributed by atoms with van der Waals surface area (Å²) in [5.41, 5.74) is 0.590. The largest absolute Gasteiger partial charge is 0.322 e. The van der Waals surface area contributed by atoms with E-state index in [4.69, 9.17) is 11.6 Å². The van der Waals surface area contributed by atoms with Crippen LogP contribution in [0.2, 0.25) is 5.02 Å². The average Bonchev–Trinajstić information content (AvgIpc) is 2.38. The molecule has 1 amide bonds. The molecule has 0 heterocycles. The van der Waals surface area contributed by atoms with Gasteiger partial charge < -0.3 is 5.32 Å². The molecule has 2 rings (SSSR count). The van der Waals surface area contributed by atoms with Crippen LogP contribution in [0.15, 0.2) is 42.5 Å². The first-order valence-corrected chi connectivity index (χ1v) is 5.80. The van der Waals surface area contributed by atoms with Gasteiger partial charge in [-0.25, -0.2) is 4.39 Å². The normalized spacial score (nSPS) is 10.0. The molecule has 0 aliphatic heterocycles. The standard InChI is InChI=1S/C14H9ClFNO2/c15-11-5-2-6-12(16)13(11)14(19)17-10-4-1-3-9(7-10)8-18/h1-8H,(H,17,19). The number of halogens is 2. The molecule has 2 aromatic carbocycles. The number of carbonyl (C=O) groups is 2. The van der Waals surface area contributed by atoms with Crippen molar-refractivity contribution in [3.05, 3.63) is 64.4 Å². The molecule has 5 heteroatoms. The Morgan fingerprint density at radius 2 is 1.95 bits per heavy atom. The molecule has 0 aliphatic rings. The maximum Gasteiger partial charge on any atom is 0.260 e. The van der Waals surface area contributed by atoms with Crippen LogP contribution in [0.5, 0.6) is 0 Å². The third-order valence-corrected chi connectivity index (χ3v) is 2.79. The number of hydrogen-bond donors (Lipinski definition) is 1. The lowest BCUT2D eigenvalue weighted by Crippen LogP contribution is -2.14. The summed E-state index contributed by atoms with van der Waals surface area (Å²) < 4.78 is 13.5. The second-order valence-electron chi connectivity index (χ2n) is 3.79. The number of nitrogens with one attached hydrogen (secondary N) is 1. The molecule has 0 atom stereocenters. The van der Waals surface area contributed by atoms with E-state index in [0.717, 1.165) is 6.07 Å². The third kappa shape index (κ3) is 2.98. The van der Waals surface area contributed by atoms with Crippen LogP contribution in [0.1, 0.15) is 20.7 Å². The van der Waals surface area contributed by atoms with Gasteiger partial charge in [0.25, 0.3) is 5.91 Å². The SMILES string of the molecule is O=Cc1cccc(NC(=O)c2c(F)cccc2Cl)c1. The lowest BCUT2D eigenvalue weighted by Gasteiger charge is -2.07. The topological polar surface area (TPSA) is 46.2 Å². The fourth-order valence-electron chi connectivity index (χ4n) is 1.60. The lowest BCUT2D eigenvalue weighted by molar-refractivity contribution is 0.102. The summed E-state index contributed by atoms with van der Waals surface area (Å²) in [4.78, 5) is 22.6. The molecular weight excluding hydrogens is 269 g/mol. The number of carbonyl (C=O) groups excluding carboxylic acids is 2. The van der Waals surface area contributed by atoms with Crippen molar-refractivity contribution in [3.8, 4) is 0 Å². The van der Waals surface area contributed by atoms with Crippen LogP contribution in [0.25, 0.3) is 0 Å². The number of benzene rings is 2. The predicted molar refractivity (Wildman–Crippen MR) is 71.2 cm³/mol. The Morgan fingerprint density at radius 1 is 1.21 bits per heavy atom. The summed E-state index contributed by atoms with van der Waals surface area (Å²) >= 11 is 5.79. The first-order valence-electron chi connectivity index (χ1n) is 5.42. The molecule has 2 aromatic rings. The van der Waals surface area contributed by atoms with Crippen LogP contribution in [-0.4, -0.2) is 12.2 Å². The minimum absolute atomic E-state index is 0.0315. The third-order valence-electron chi connectivity index (χ3n) is 2.47. The van der Waals surface area contributed by atoms with Gasteiger partial charge in [-0.05, 0) is 24.3 Å². The molecule has 96 valence electrons. The first kappa shape index (κ1) is 13.2. The Balaban J connectivity index is 2.28. The molecule has 0 aromatic heterocycles. The zero-order valence-electron chi connectivity index (χ0n) is 9.69. The number of aldehydes is 1. The Kier molecular flexibility index (Phi) is 3.92. The second-order valence-corrected chi connectivity index (χ2v) is 4.20. The molecule has 0 fully saturated rings. The van der Waals surface area contributed by atoms with Crippen LogP contribution in [-0.2, 0) is 0 Å². The van der Waals surface area contributed by atoms with Crippen molar-refractivity contribution in [3.63, 3.8) is 0 Å². The van der Waals surface area contributed by atoms with Gasteiger partial charge in [0.1, 0.15) is 12.1 Å². The van der Waals surface area contributed by atoms with Gasteiger partial charge in [0, 0.05) is 11.3 Å². The van der Waals surface area contributed by atoms with Gasteiger partial charge in [-0.3, -0.25) is 9.59 Å². The summed E-state index contributed by atoms with van der Waals surface area (Å²) in [6, 6.07) is 10.3. The monoisotopic (exact) mass is 277 g/mol. The van der Waals surface area contributed by atoms with Gasteiger partial charge in [-0.1, -0.05) is 29.8 Å². The van der Waals surface area contributed by atoms with Crippen molar-refractivity contribution in [2.45, 2.75) is 0 Å². The Bertz CT molecular complexity index is 623. The first-order chi connectivity index (χ1) is 9.11. The highest BCUT2D eigenvalue weighted by Crippen LogP contribution is 2.20. The molecule has 0 spiro atoms. The van der Waals surface area contributed by atoms with E-state index in [0.29, 0.717) is 17.5 Å². The Morgan fingerprint density at radius 3 is 2.63 bits per heavy atom. The van der Waals surface area contributed by atoms with E-state index in [9.17, 15) is 14.0 Å².